The van der Waals surface area contributed by atoms with Crippen LogP contribution in [0.3, 0.4) is 0 Å². The summed E-state index contributed by atoms with van der Waals surface area (Å²) in [5.74, 6) is 4.68. The largest absolute Gasteiger partial charge is 0.327 e. The molecule has 1 aromatic rings. The number of nitrogens with one attached hydrogen (secondary N) is 1. The van der Waals surface area contributed by atoms with E-state index in [1.54, 1.807) is 0 Å². The highest BCUT2D eigenvalue weighted by molar-refractivity contribution is 9.10. The number of aromatic amines is 1. The van der Waals surface area contributed by atoms with Crippen molar-refractivity contribution in [1.29, 1.82) is 0 Å². The van der Waals surface area contributed by atoms with Crippen molar-refractivity contribution in [2.24, 2.45) is 5.84 Å². The maximum atomic E-state index is 11.3. The van der Waals surface area contributed by atoms with Crippen molar-refractivity contribution < 1.29 is 4.79 Å². The molecule has 0 aromatic carbocycles. The van der Waals surface area contributed by atoms with Gasteiger partial charge in [0.1, 0.15) is 5.56 Å². The average Bonchev–Trinajstić information content (AvgIpc) is 2.08. The molecule has 0 atom stereocenters. The molecule has 0 fully saturated rings. The fourth-order valence-electron chi connectivity index (χ4n) is 0.806. The molecule has 70 valence electrons. The molecule has 0 unspecified atom stereocenters. The van der Waals surface area contributed by atoms with Gasteiger partial charge in [0.05, 0.1) is 0 Å². The van der Waals surface area contributed by atoms with Crippen LogP contribution in [-0.4, -0.2) is 22.9 Å². The van der Waals surface area contributed by atoms with E-state index in [1.807, 2.05) is 0 Å². The molecule has 6 heteroatoms. The molecule has 0 aliphatic rings. The zero-order valence-corrected chi connectivity index (χ0v) is 8.46. The van der Waals surface area contributed by atoms with Gasteiger partial charge in [-0.2, -0.15) is 0 Å². The SMILES string of the molecule is CN(N)C(=O)c1cc(Br)c[nH]c1=O. The zero-order chi connectivity index (χ0) is 10.0. The first-order chi connectivity index (χ1) is 6.02. The van der Waals surface area contributed by atoms with E-state index < -0.39 is 11.5 Å². The summed E-state index contributed by atoms with van der Waals surface area (Å²) >= 11 is 3.13. The molecule has 0 spiro atoms. The topological polar surface area (TPSA) is 79.2 Å². The maximum absolute atomic E-state index is 11.3. The minimum atomic E-state index is -0.525. The van der Waals surface area contributed by atoms with Gasteiger partial charge in [-0.25, -0.2) is 5.84 Å². The number of hydrogen-bond acceptors (Lipinski definition) is 3. The maximum Gasteiger partial charge on any atom is 0.273 e. The van der Waals surface area contributed by atoms with Crippen LogP contribution >= 0.6 is 15.9 Å². The predicted octanol–water partition coefficient (Wildman–Crippen LogP) is 0.0831. The molecule has 1 aromatic heterocycles. The summed E-state index contributed by atoms with van der Waals surface area (Å²) in [6, 6.07) is 1.42. The smallest absolute Gasteiger partial charge is 0.273 e. The van der Waals surface area contributed by atoms with E-state index in [4.69, 9.17) is 5.84 Å². The van der Waals surface area contributed by atoms with Crippen LogP contribution in [0.25, 0.3) is 0 Å². The number of hydrogen-bond donors (Lipinski definition) is 2. The Morgan fingerprint density at radius 3 is 2.85 bits per heavy atom. The summed E-state index contributed by atoms with van der Waals surface area (Å²) in [6.07, 6.45) is 1.45. The number of amides is 1. The molecule has 3 N–H and O–H groups in total. The first kappa shape index (κ1) is 9.94. The van der Waals surface area contributed by atoms with Crippen LogP contribution in [0, 0.1) is 0 Å². The zero-order valence-electron chi connectivity index (χ0n) is 6.87. The fraction of sp³-hybridized carbons (Fsp3) is 0.143. The molecule has 5 nitrogen and oxygen atoms in total. The van der Waals surface area contributed by atoms with Crippen LogP contribution in [-0.2, 0) is 0 Å². The molecule has 0 aliphatic heterocycles. The van der Waals surface area contributed by atoms with Crippen LogP contribution in [0.1, 0.15) is 10.4 Å². The summed E-state index contributed by atoms with van der Waals surface area (Å²) < 4.78 is 0.622. The van der Waals surface area contributed by atoms with Crippen molar-refractivity contribution >= 4 is 21.8 Å². The lowest BCUT2D eigenvalue weighted by Gasteiger charge is -2.08. The summed E-state index contributed by atoms with van der Waals surface area (Å²) in [4.78, 5) is 24.8. The Balaban J connectivity index is 3.21. The van der Waals surface area contributed by atoms with Crippen LogP contribution in [0.2, 0.25) is 0 Å². The number of H-pyrrole nitrogens is 1. The third kappa shape index (κ3) is 2.16. The molecule has 0 saturated heterocycles. The summed E-state index contributed by atoms with van der Waals surface area (Å²) in [6.45, 7) is 0. The summed E-state index contributed by atoms with van der Waals surface area (Å²) in [7, 11) is 1.38. The monoisotopic (exact) mass is 245 g/mol. The molecule has 1 amide bonds. The lowest BCUT2D eigenvalue weighted by Crippen LogP contribution is -2.36. The number of aromatic nitrogens is 1. The highest BCUT2D eigenvalue weighted by Crippen LogP contribution is 2.07. The molecule has 0 radical (unpaired) electrons. The molecular formula is C7H8BrN3O2. The van der Waals surface area contributed by atoms with Gasteiger partial charge in [0, 0.05) is 17.7 Å². The average molecular weight is 246 g/mol. The first-order valence-electron chi connectivity index (χ1n) is 3.43. The van der Waals surface area contributed by atoms with Gasteiger partial charge in [-0.3, -0.25) is 14.6 Å². The predicted molar refractivity (Wildman–Crippen MR) is 51.0 cm³/mol. The van der Waals surface area contributed by atoms with Gasteiger partial charge < -0.3 is 4.98 Å². The number of halogens is 1. The van der Waals surface area contributed by atoms with Crippen LogP contribution < -0.4 is 11.4 Å². The van der Waals surface area contributed by atoms with Crippen molar-refractivity contribution in [1.82, 2.24) is 9.99 Å². The first-order valence-corrected chi connectivity index (χ1v) is 4.22. The van der Waals surface area contributed by atoms with E-state index in [9.17, 15) is 9.59 Å². The van der Waals surface area contributed by atoms with Crippen LogP contribution in [0.15, 0.2) is 21.5 Å². The second kappa shape index (κ2) is 3.71. The Morgan fingerprint density at radius 1 is 1.69 bits per heavy atom. The molecule has 0 bridgehead atoms. The minimum absolute atomic E-state index is 0.0133. The lowest BCUT2D eigenvalue weighted by atomic mass is 10.2. The number of nitrogens with two attached hydrogens (primary N) is 1. The molecule has 0 aliphatic carbocycles. The Hall–Kier alpha value is -1.14. The van der Waals surface area contributed by atoms with Crippen molar-refractivity contribution in [2.75, 3.05) is 7.05 Å². The summed E-state index contributed by atoms with van der Waals surface area (Å²) in [5.41, 5.74) is -0.440. The third-order valence-corrected chi connectivity index (χ3v) is 1.88. The van der Waals surface area contributed by atoms with Crippen LogP contribution in [0.5, 0.6) is 0 Å². The van der Waals surface area contributed by atoms with Gasteiger partial charge in [0.15, 0.2) is 0 Å². The van der Waals surface area contributed by atoms with E-state index in [2.05, 4.69) is 20.9 Å². The van der Waals surface area contributed by atoms with Gasteiger partial charge in [-0.05, 0) is 22.0 Å². The Morgan fingerprint density at radius 2 is 2.31 bits per heavy atom. The van der Waals surface area contributed by atoms with Crippen molar-refractivity contribution in [3.05, 3.63) is 32.7 Å². The lowest BCUT2D eigenvalue weighted by molar-refractivity contribution is 0.0793. The number of carbonyl (C=O) groups excluding carboxylic acids is 1. The van der Waals surface area contributed by atoms with E-state index in [-0.39, 0.29) is 5.56 Å². The molecule has 1 rings (SSSR count). The Labute approximate surface area is 82.6 Å². The van der Waals surface area contributed by atoms with Gasteiger partial charge >= 0.3 is 0 Å². The second-order valence-corrected chi connectivity index (χ2v) is 3.39. The van der Waals surface area contributed by atoms with Crippen LogP contribution in [0.4, 0.5) is 0 Å². The molecular weight excluding hydrogens is 238 g/mol. The van der Waals surface area contributed by atoms with Gasteiger partial charge in [0.2, 0.25) is 0 Å². The van der Waals surface area contributed by atoms with Gasteiger partial charge in [0.25, 0.3) is 11.5 Å². The highest BCUT2D eigenvalue weighted by atomic mass is 79.9. The van der Waals surface area contributed by atoms with E-state index in [0.29, 0.717) is 4.47 Å². The second-order valence-electron chi connectivity index (χ2n) is 2.48. The van der Waals surface area contributed by atoms with Gasteiger partial charge in [-0.15, -0.1) is 0 Å². The fourth-order valence-corrected chi connectivity index (χ4v) is 1.15. The van der Waals surface area contributed by atoms with Crippen molar-refractivity contribution in [3.63, 3.8) is 0 Å². The van der Waals surface area contributed by atoms with E-state index in [0.717, 1.165) is 5.01 Å². The molecule has 1 heterocycles. The molecule has 0 saturated carbocycles. The van der Waals surface area contributed by atoms with E-state index >= 15 is 0 Å². The standard InChI is InChI=1S/C7H8BrN3O2/c1-11(9)7(13)5-2-4(8)3-10-6(5)12/h2-3H,9H2,1H3,(H,10,12). The normalized spacial score (nSPS) is 9.77. The van der Waals surface area contributed by atoms with Gasteiger partial charge in [-0.1, -0.05) is 0 Å². The number of nitrogens with zero attached hydrogens (tertiary/aromatic N) is 1. The third-order valence-electron chi connectivity index (χ3n) is 1.42. The Kier molecular flexibility index (Phi) is 2.84. The van der Waals surface area contributed by atoms with Crippen molar-refractivity contribution in [2.45, 2.75) is 0 Å². The summed E-state index contributed by atoms with van der Waals surface area (Å²) in [5, 5.41) is 0.858. The number of carbonyl (C=O) groups is 1. The number of rotatable bonds is 1. The number of pyridine rings is 1. The quantitative estimate of drug-likeness (QED) is 0.418. The Bertz CT molecular complexity index is 386. The minimum Gasteiger partial charge on any atom is -0.327 e. The number of hydrazine groups is 1. The highest BCUT2D eigenvalue weighted by Gasteiger charge is 2.12. The van der Waals surface area contributed by atoms with Crippen molar-refractivity contribution in [3.8, 4) is 0 Å². The molecule has 13 heavy (non-hydrogen) atoms. The van der Waals surface area contributed by atoms with E-state index in [1.165, 1.54) is 19.3 Å².